The van der Waals surface area contributed by atoms with E-state index in [1.165, 1.54) is 0 Å². The van der Waals surface area contributed by atoms with E-state index in [1.807, 2.05) is 31.2 Å². The second-order valence-corrected chi connectivity index (χ2v) is 4.32. The molecule has 0 aliphatic heterocycles. The van der Waals surface area contributed by atoms with Crippen molar-refractivity contribution in [3.05, 3.63) is 28.7 Å². The smallest absolute Gasteiger partial charge is 0.314 e. The van der Waals surface area contributed by atoms with E-state index in [0.717, 1.165) is 16.6 Å². The number of para-hydroxylation sites is 1. The van der Waals surface area contributed by atoms with Gasteiger partial charge in [0.1, 0.15) is 12.4 Å². The SMILES string of the molecule is CCCNC(=O)NCCOc1ccccc1Br. The summed E-state index contributed by atoms with van der Waals surface area (Å²) in [6.07, 6.45) is 0.931. The zero-order chi connectivity index (χ0) is 12.5. The summed E-state index contributed by atoms with van der Waals surface area (Å²) in [4.78, 5) is 11.2. The van der Waals surface area contributed by atoms with Crippen LogP contribution < -0.4 is 15.4 Å². The molecule has 0 saturated carbocycles. The summed E-state index contributed by atoms with van der Waals surface area (Å²) in [5.41, 5.74) is 0. The zero-order valence-corrected chi connectivity index (χ0v) is 11.4. The average Bonchev–Trinajstić information content (AvgIpc) is 2.34. The van der Waals surface area contributed by atoms with Crippen molar-refractivity contribution in [2.24, 2.45) is 0 Å². The highest BCUT2D eigenvalue weighted by Crippen LogP contribution is 2.23. The molecule has 17 heavy (non-hydrogen) atoms. The van der Waals surface area contributed by atoms with Gasteiger partial charge in [0.15, 0.2) is 0 Å². The Morgan fingerprint density at radius 1 is 1.29 bits per heavy atom. The number of ether oxygens (including phenoxy) is 1. The fourth-order valence-corrected chi connectivity index (χ4v) is 1.59. The van der Waals surface area contributed by atoms with Gasteiger partial charge in [-0.1, -0.05) is 19.1 Å². The van der Waals surface area contributed by atoms with E-state index < -0.39 is 0 Å². The Kier molecular flexibility index (Phi) is 6.47. The zero-order valence-electron chi connectivity index (χ0n) is 9.83. The molecule has 1 rings (SSSR count). The monoisotopic (exact) mass is 300 g/mol. The fourth-order valence-electron chi connectivity index (χ4n) is 1.19. The molecule has 0 atom stereocenters. The van der Waals surface area contributed by atoms with Crippen LogP contribution in [0, 0.1) is 0 Å². The van der Waals surface area contributed by atoms with Crippen molar-refractivity contribution >= 4 is 22.0 Å². The predicted molar refractivity (Wildman–Crippen MR) is 71.3 cm³/mol. The van der Waals surface area contributed by atoms with Crippen LogP contribution in [0.25, 0.3) is 0 Å². The highest BCUT2D eigenvalue weighted by molar-refractivity contribution is 9.10. The minimum Gasteiger partial charge on any atom is -0.491 e. The third-order valence-electron chi connectivity index (χ3n) is 2.02. The molecule has 4 nitrogen and oxygen atoms in total. The van der Waals surface area contributed by atoms with Crippen LogP contribution in [0.5, 0.6) is 5.75 Å². The molecule has 0 spiro atoms. The van der Waals surface area contributed by atoms with E-state index in [9.17, 15) is 4.79 Å². The molecule has 0 fully saturated rings. The first-order valence-electron chi connectivity index (χ1n) is 5.63. The van der Waals surface area contributed by atoms with Gasteiger partial charge >= 0.3 is 6.03 Å². The Hall–Kier alpha value is -1.23. The average molecular weight is 301 g/mol. The molecule has 0 aliphatic rings. The molecule has 94 valence electrons. The van der Waals surface area contributed by atoms with Crippen LogP contribution in [0.4, 0.5) is 4.79 Å². The summed E-state index contributed by atoms with van der Waals surface area (Å²) in [5, 5.41) is 5.44. The maximum atomic E-state index is 11.2. The minimum atomic E-state index is -0.150. The van der Waals surface area contributed by atoms with Crippen molar-refractivity contribution in [3.8, 4) is 5.75 Å². The Bertz CT molecular complexity index is 358. The normalized spacial score (nSPS) is 9.76. The van der Waals surface area contributed by atoms with Gasteiger partial charge in [0.05, 0.1) is 11.0 Å². The maximum Gasteiger partial charge on any atom is 0.314 e. The summed E-state index contributed by atoms with van der Waals surface area (Å²) in [6.45, 7) is 3.63. The number of rotatable bonds is 6. The molecular formula is C12H17BrN2O2. The number of amides is 2. The highest BCUT2D eigenvalue weighted by atomic mass is 79.9. The highest BCUT2D eigenvalue weighted by Gasteiger charge is 2.00. The summed E-state index contributed by atoms with van der Waals surface area (Å²) >= 11 is 3.39. The number of hydrogen-bond donors (Lipinski definition) is 2. The molecule has 0 saturated heterocycles. The van der Waals surface area contributed by atoms with Crippen molar-refractivity contribution in [2.75, 3.05) is 19.7 Å². The number of carbonyl (C=O) groups excluding carboxylic acids is 1. The first-order chi connectivity index (χ1) is 8.24. The molecule has 0 aromatic heterocycles. The molecule has 2 amide bonds. The van der Waals surface area contributed by atoms with Gasteiger partial charge in [0.2, 0.25) is 0 Å². The summed E-state index contributed by atoms with van der Waals surface area (Å²) in [5.74, 6) is 0.781. The number of hydrogen-bond acceptors (Lipinski definition) is 2. The van der Waals surface area contributed by atoms with Crippen LogP contribution in [0.1, 0.15) is 13.3 Å². The lowest BCUT2D eigenvalue weighted by atomic mass is 10.3. The van der Waals surface area contributed by atoms with Crippen molar-refractivity contribution in [1.29, 1.82) is 0 Å². The largest absolute Gasteiger partial charge is 0.491 e. The third-order valence-corrected chi connectivity index (χ3v) is 2.67. The van der Waals surface area contributed by atoms with Crippen LogP contribution in [-0.4, -0.2) is 25.7 Å². The van der Waals surface area contributed by atoms with E-state index in [-0.39, 0.29) is 6.03 Å². The lowest BCUT2D eigenvalue weighted by Gasteiger charge is -2.09. The van der Waals surface area contributed by atoms with E-state index >= 15 is 0 Å². The van der Waals surface area contributed by atoms with Crippen LogP contribution >= 0.6 is 15.9 Å². The number of carbonyl (C=O) groups is 1. The Morgan fingerprint density at radius 2 is 2.00 bits per heavy atom. The Morgan fingerprint density at radius 3 is 2.71 bits per heavy atom. The minimum absolute atomic E-state index is 0.150. The summed E-state index contributed by atoms with van der Waals surface area (Å²) in [6, 6.07) is 7.47. The standard InChI is InChI=1S/C12H17BrN2O2/c1-2-7-14-12(16)15-8-9-17-11-6-4-3-5-10(11)13/h3-6H,2,7-9H2,1H3,(H2,14,15,16). The third kappa shape index (κ3) is 5.58. The van der Waals surface area contributed by atoms with Gasteiger partial charge in [-0.3, -0.25) is 0 Å². The van der Waals surface area contributed by atoms with Crippen LogP contribution in [0.3, 0.4) is 0 Å². The van der Waals surface area contributed by atoms with Crippen molar-refractivity contribution in [1.82, 2.24) is 10.6 Å². The number of halogens is 1. The molecule has 1 aromatic rings. The van der Waals surface area contributed by atoms with E-state index in [0.29, 0.717) is 19.7 Å². The van der Waals surface area contributed by atoms with Gasteiger partial charge in [-0.2, -0.15) is 0 Å². The number of nitrogens with one attached hydrogen (secondary N) is 2. The molecule has 0 unspecified atom stereocenters. The second kappa shape index (κ2) is 7.95. The number of benzene rings is 1. The van der Waals surface area contributed by atoms with Crippen LogP contribution in [-0.2, 0) is 0 Å². The molecule has 2 N–H and O–H groups in total. The van der Waals surface area contributed by atoms with Gasteiger partial charge < -0.3 is 15.4 Å². The molecule has 0 heterocycles. The number of urea groups is 1. The van der Waals surface area contributed by atoms with E-state index in [1.54, 1.807) is 0 Å². The quantitative estimate of drug-likeness (QED) is 0.793. The van der Waals surface area contributed by atoms with Gasteiger partial charge in [0, 0.05) is 6.54 Å². The molecule has 1 aromatic carbocycles. The first kappa shape index (κ1) is 13.8. The van der Waals surface area contributed by atoms with Crippen LogP contribution in [0.15, 0.2) is 28.7 Å². The first-order valence-corrected chi connectivity index (χ1v) is 6.42. The van der Waals surface area contributed by atoms with E-state index in [2.05, 4.69) is 26.6 Å². The van der Waals surface area contributed by atoms with Crippen molar-refractivity contribution in [3.63, 3.8) is 0 Å². The molecular weight excluding hydrogens is 284 g/mol. The summed E-state index contributed by atoms with van der Waals surface area (Å²) in [7, 11) is 0. The topological polar surface area (TPSA) is 50.4 Å². The van der Waals surface area contributed by atoms with Gasteiger partial charge in [-0.05, 0) is 34.5 Å². The summed E-state index contributed by atoms with van der Waals surface area (Å²) < 4.78 is 6.41. The molecule has 0 bridgehead atoms. The van der Waals surface area contributed by atoms with E-state index in [4.69, 9.17) is 4.74 Å². The lowest BCUT2D eigenvalue weighted by Crippen LogP contribution is -2.37. The molecule has 0 aliphatic carbocycles. The van der Waals surface area contributed by atoms with Gasteiger partial charge in [-0.15, -0.1) is 0 Å². The van der Waals surface area contributed by atoms with Crippen LogP contribution in [0.2, 0.25) is 0 Å². The van der Waals surface area contributed by atoms with Crippen molar-refractivity contribution in [2.45, 2.75) is 13.3 Å². The fraction of sp³-hybridized carbons (Fsp3) is 0.417. The lowest BCUT2D eigenvalue weighted by molar-refractivity contribution is 0.236. The van der Waals surface area contributed by atoms with Gasteiger partial charge in [-0.25, -0.2) is 4.79 Å². The molecule has 0 radical (unpaired) electrons. The molecule has 5 heteroatoms. The predicted octanol–water partition coefficient (Wildman–Crippen LogP) is 2.54. The second-order valence-electron chi connectivity index (χ2n) is 3.46. The van der Waals surface area contributed by atoms with Crippen molar-refractivity contribution < 1.29 is 9.53 Å². The van der Waals surface area contributed by atoms with Gasteiger partial charge in [0.25, 0.3) is 0 Å². The Balaban J connectivity index is 2.16. The maximum absolute atomic E-state index is 11.2. The Labute approximate surface area is 110 Å².